The van der Waals surface area contributed by atoms with E-state index >= 15 is 0 Å². The molecule has 0 spiro atoms. The molecule has 1 rings (SSSR count). The predicted molar refractivity (Wildman–Crippen MR) is 163 cm³/mol. The number of benzene rings is 1. The van der Waals surface area contributed by atoms with Gasteiger partial charge in [0.15, 0.2) is 0 Å². The number of ether oxygens (including phenoxy) is 4. The Morgan fingerprint density at radius 1 is 0.750 bits per heavy atom. The Bertz CT molecular complexity index is 1070. The number of carbonyl (C=O) groups excluding carboxylic acids is 4. The van der Waals surface area contributed by atoms with E-state index < -0.39 is 31.8 Å². The summed E-state index contributed by atoms with van der Waals surface area (Å²) in [6.45, 7) is 7.88. The van der Waals surface area contributed by atoms with E-state index in [0.717, 1.165) is 44.3 Å². The average molecular weight is 646 g/mol. The molecule has 3 amide bonds. The first-order valence-electron chi connectivity index (χ1n) is 14.9. The third kappa shape index (κ3) is 19.8. The third-order valence-corrected chi connectivity index (χ3v) is 6.62. The largest absolute Gasteiger partial charge is 0.450 e. The quantitative estimate of drug-likeness (QED) is 0.0470. The van der Waals surface area contributed by atoms with Gasteiger partial charge in [0.05, 0.1) is 19.8 Å². The van der Waals surface area contributed by atoms with Crippen molar-refractivity contribution in [3.8, 4) is 5.75 Å². The first kappa shape index (κ1) is 38.7. The van der Waals surface area contributed by atoms with Crippen molar-refractivity contribution in [2.75, 3.05) is 46.1 Å². The van der Waals surface area contributed by atoms with E-state index in [2.05, 4.69) is 16.0 Å². The summed E-state index contributed by atoms with van der Waals surface area (Å²) in [5.41, 5.74) is 2.04. The zero-order valence-electron chi connectivity index (χ0n) is 26.2. The van der Waals surface area contributed by atoms with E-state index in [-0.39, 0.29) is 33.0 Å². The van der Waals surface area contributed by atoms with E-state index in [1.807, 2.05) is 6.92 Å². The summed E-state index contributed by atoms with van der Waals surface area (Å²) in [5.74, 6) is -0.325. The number of hydrogen-bond donors (Lipinski definition) is 4. The van der Waals surface area contributed by atoms with Crippen molar-refractivity contribution in [3.63, 3.8) is 0 Å². The van der Waals surface area contributed by atoms with E-state index in [4.69, 9.17) is 28.4 Å². The highest BCUT2D eigenvalue weighted by molar-refractivity contribution is 7.51. The molecule has 250 valence electrons. The summed E-state index contributed by atoms with van der Waals surface area (Å²) in [6, 6.07) is 3.49. The first-order valence-corrected chi connectivity index (χ1v) is 16.9. The number of alkyl carbamates (subject to hydrolysis) is 3. The molecular formula is C29H48N3O11P. The van der Waals surface area contributed by atoms with Crippen LogP contribution in [0.2, 0.25) is 0 Å². The molecule has 0 aliphatic carbocycles. The number of rotatable bonds is 21. The summed E-state index contributed by atoms with van der Waals surface area (Å²) in [5, 5.41) is 7.66. The molecule has 1 unspecified atom stereocenters. The Balaban J connectivity index is 2.24. The van der Waals surface area contributed by atoms with Gasteiger partial charge in [-0.2, -0.15) is 0 Å². The number of nitrogens with one attached hydrogen (secondary N) is 3. The lowest BCUT2D eigenvalue weighted by molar-refractivity contribution is -0.133. The molecule has 0 saturated heterocycles. The number of aryl methyl sites for hydroxylation is 2. The molecule has 0 aromatic heterocycles. The second-order valence-corrected chi connectivity index (χ2v) is 12.1. The molecule has 0 bridgehead atoms. The van der Waals surface area contributed by atoms with E-state index in [9.17, 15) is 23.7 Å². The van der Waals surface area contributed by atoms with Crippen molar-refractivity contribution in [3.05, 3.63) is 28.8 Å². The molecular weight excluding hydrogens is 597 g/mol. The number of unbranched alkanes of at least 4 members (excludes halogenated alkanes) is 5. The number of esters is 1. The van der Waals surface area contributed by atoms with E-state index in [1.165, 1.54) is 0 Å². The average Bonchev–Trinajstić information content (AvgIpc) is 2.95. The van der Waals surface area contributed by atoms with E-state index in [0.29, 0.717) is 49.2 Å². The van der Waals surface area contributed by atoms with Gasteiger partial charge in [0.2, 0.25) is 0 Å². The molecule has 14 nitrogen and oxygen atoms in total. The molecule has 4 N–H and O–H groups in total. The molecule has 0 aliphatic rings. The molecule has 0 aliphatic heterocycles. The summed E-state index contributed by atoms with van der Waals surface area (Å²) < 4.78 is 36.6. The Kier molecular flexibility index (Phi) is 19.5. The molecule has 1 aromatic carbocycles. The van der Waals surface area contributed by atoms with Gasteiger partial charge < -0.3 is 44.3 Å². The normalized spacial score (nSPS) is 12.0. The molecule has 15 heteroatoms. The van der Waals surface area contributed by atoms with Crippen molar-refractivity contribution in [2.24, 2.45) is 0 Å². The van der Waals surface area contributed by atoms with Gasteiger partial charge in [-0.15, -0.1) is 0 Å². The molecule has 0 fully saturated rings. The van der Waals surface area contributed by atoms with Crippen molar-refractivity contribution in [1.29, 1.82) is 0 Å². The summed E-state index contributed by atoms with van der Waals surface area (Å²) in [6.07, 6.45) is 4.13. The molecule has 1 atom stereocenters. The monoisotopic (exact) mass is 645 g/mol. The van der Waals surface area contributed by atoms with Crippen molar-refractivity contribution >= 4 is 31.8 Å². The van der Waals surface area contributed by atoms with Crippen LogP contribution in [0.4, 0.5) is 14.4 Å². The van der Waals surface area contributed by atoms with Crippen LogP contribution in [0.5, 0.6) is 5.75 Å². The second-order valence-electron chi connectivity index (χ2n) is 10.2. The zero-order valence-corrected chi connectivity index (χ0v) is 27.1. The lowest BCUT2D eigenvalue weighted by Crippen LogP contribution is -2.32. The van der Waals surface area contributed by atoms with Gasteiger partial charge in [0.1, 0.15) is 18.9 Å². The highest BCUT2D eigenvalue weighted by atomic mass is 31.2. The molecule has 0 radical (unpaired) electrons. The van der Waals surface area contributed by atoms with Crippen LogP contribution in [-0.2, 0) is 34.7 Å². The summed E-state index contributed by atoms with van der Waals surface area (Å²) >= 11 is 0. The Morgan fingerprint density at radius 3 is 1.86 bits per heavy atom. The second kappa shape index (κ2) is 22.2. The lowest BCUT2D eigenvalue weighted by atomic mass is 10.1. The molecule has 0 heterocycles. The Hall–Kier alpha value is -3.35. The maximum absolute atomic E-state index is 12.3. The Labute approximate surface area is 259 Å². The molecule has 1 aromatic rings. The fourth-order valence-electron chi connectivity index (χ4n) is 3.79. The lowest BCUT2D eigenvalue weighted by Gasteiger charge is -2.14. The van der Waals surface area contributed by atoms with Crippen LogP contribution in [-0.4, -0.2) is 75.3 Å². The SMILES string of the molecule is CCCCNC(=O)OCCCCOC(=O)NCC(=O)Oc1c(C)cc(COC(=O)NCCCCCCOP(C)(=O)O)cc1C. The highest BCUT2D eigenvalue weighted by Crippen LogP contribution is 2.36. The first-order chi connectivity index (χ1) is 20.9. The minimum atomic E-state index is -3.43. The molecule has 0 saturated carbocycles. The maximum Gasteiger partial charge on any atom is 0.407 e. The number of amides is 3. The van der Waals surface area contributed by atoms with Gasteiger partial charge >= 0.3 is 31.8 Å². The van der Waals surface area contributed by atoms with Crippen LogP contribution in [0.1, 0.15) is 75.0 Å². The van der Waals surface area contributed by atoms with Gasteiger partial charge in [-0.1, -0.05) is 26.2 Å². The standard InChI is InChI=1S/C29H48N3O11P/c1-5-6-13-30-27(34)39-15-11-12-16-40-29(36)32-20-25(33)43-26-22(2)18-24(19-23(26)3)21-41-28(35)31-14-9-7-8-10-17-42-44(4,37)38/h18-19H,5-17,20-21H2,1-4H3,(H,30,34)(H,31,35)(H,32,36)(H,37,38). The third-order valence-electron chi connectivity index (χ3n) is 5.96. The summed E-state index contributed by atoms with van der Waals surface area (Å²) in [7, 11) is -3.43. The fraction of sp³-hybridized carbons (Fsp3) is 0.655. The van der Waals surface area contributed by atoms with Crippen molar-refractivity contribution in [1.82, 2.24) is 16.0 Å². The smallest absolute Gasteiger partial charge is 0.407 e. The topological polar surface area (TPSA) is 188 Å². The predicted octanol–water partition coefficient (Wildman–Crippen LogP) is 4.86. The zero-order chi connectivity index (χ0) is 32.8. The van der Waals surface area contributed by atoms with Gasteiger partial charge in [0, 0.05) is 19.8 Å². The van der Waals surface area contributed by atoms with Crippen molar-refractivity contribution in [2.45, 2.75) is 78.7 Å². The van der Waals surface area contributed by atoms with Crippen LogP contribution < -0.4 is 20.7 Å². The van der Waals surface area contributed by atoms with Crippen LogP contribution in [0, 0.1) is 13.8 Å². The fourth-order valence-corrected chi connectivity index (χ4v) is 4.25. The highest BCUT2D eigenvalue weighted by Gasteiger charge is 2.14. The maximum atomic E-state index is 12.3. The molecule has 44 heavy (non-hydrogen) atoms. The summed E-state index contributed by atoms with van der Waals surface area (Å²) in [4.78, 5) is 56.6. The van der Waals surface area contributed by atoms with Crippen LogP contribution in [0.15, 0.2) is 12.1 Å². The van der Waals surface area contributed by atoms with Crippen LogP contribution >= 0.6 is 7.60 Å². The minimum Gasteiger partial charge on any atom is -0.450 e. The van der Waals surface area contributed by atoms with E-state index in [1.54, 1.807) is 26.0 Å². The Morgan fingerprint density at radius 2 is 1.27 bits per heavy atom. The van der Waals surface area contributed by atoms with Crippen LogP contribution in [0.25, 0.3) is 0 Å². The van der Waals surface area contributed by atoms with Gasteiger partial charge in [-0.05, 0) is 74.8 Å². The number of hydrogen-bond acceptors (Lipinski definition) is 10. The van der Waals surface area contributed by atoms with Crippen LogP contribution in [0.3, 0.4) is 0 Å². The van der Waals surface area contributed by atoms with Gasteiger partial charge in [-0.25, -0.2) is 19.2 Å². The van der Waals surface area contributed by atoms with Crippen molar-refractivity contribution < 1.29 is 52.1 Å². The van der Waals surface area contributed by atoms with Gasteiger partial charge in [-0.3, -0.25) is 4.57 Å². The van der Waals surface area contributed by atoms with Gasteiger partial charge in [0.25, 0.3) is 0 Å². The minimum absolute atomic E-state index is 0.0307. The number of carbonyl (C=O) groups is 4.